The van der Waals surface area contributed by atoms with Crippen molar-refractivity contribution in [1.29, 1.82) is 0 Å². The van der Waals surface area contributed by atoms with Crippen LogP contribution in [0.5, 0.6) is 5.75 Å². The van der Waals surface area contributed by atoms with Crippen LogP contribution in [-0.4, -0.2) is 39.7 Å². The molecule has 0 fully saturated rings. The SMILES string of the molecule is CC(C)c1ccc(C[C@]2(C)Cc3cc(CC(=O)N(CCO)Cc4cccnc4)ccc3O2)cc1. The van der Waals surface area contributed by atoms with Gasteiger partial charge in [0.15, 0.2) is 0 Å². The molecule has 1 aliphatic rings. The smallest absolute Gasteiger partial charge is 0.227 e. The average molecular weight is 459 g/mol. The minimum absolute atomic E-state index is 0.00947. The van der Waals surface area contributed by atoms with Gasteiger partial charge in [-0.25, -0.2) is 0 Å². The van der Waals surface area contributed by atoms with Crippen molar-refractivity contribution in [3.8, 4) is 5.75 Å². The zero-order valence-corrected chi connectivity index (χ0v) is 20.3. The van der Waals surface area contributed by atoms with E-state index < -0.39 is 0 Å². The van der Waals surface area contributed by atoms with Crippen LogP contribution < -0.4 is 4.74 Å². The largest absolute Gasteiger partial charge is 0.487 e. The number of rotatable bonds is 9. The van der Waals surface area contributed by atoms with E-state index in [1.807, 2.05) is 24.3 Å². The number of aromatic nitrogens is 1. The Labute approximate surface area is 202 Å². The van der Waals surface area contributed by atoms with E-state index in [1.165, 1.54) is 11.1 Å². The van der Waals surface area contributed by atoms with Gasteiger partial charge in [-0.1, -0.05) is 56.3 Å². The Balaban J connectivity index is 1.41. The lowest BCUT2D eigenvalue weighted by atomic mass is 9.90. The summed E-state index contributed by atoms with van der Waals surface area (Å²) < 4.78 is 6.37. The number of ether oxygens (including phenoxy) is 1. The van der Waals surface area contributed by atoms with Crippen molar-refractivity contribution < 1.29 is 14.6 Å². The third kappa shape index (κ3) is 5.84. The fourth-order valence-electron chi connectivity index (χ4n) is 4.65. The maximum Gasteiger partial charge on any atom is 0.227 e. The molecule has 5 nitrogen and oxygen atoms in total. The van der Waals surface area contributed by atoms with Gasteiger partial charge in [0.2, 0.25) is 5.91 Å². The van der Waals surface area contributed by atoms with Crippen molar-refractivity contribution in [2.24, 2.45) is 0 Å². The third-order valence-corrected chi connectivity index (χ3v) is 6.44. The molecule has 1 atom stereocenters. The van der Waals surface area contributed by atoms with Crippen molar-refractivity contribution in [1.82, 2.24) is 9.88 Å². The lowest BCUT2D eigenvalue weighted by Gasteiger charge is -2.24. The van der Waals surface area contributed by atoms with Crippen LogP contribution in [0.1, 0.15) is 54.5 Å². The summed E-state index contributed by atoms with van der Waals surface area (Å²) in [6.45, 7) is 7.24. The summed E-state index contributed by atoms with van der Waals surface area (Å²) in [5.41, 5.74) is 5.37. The first kappa shape index (κ1) is 24.0. The lowest BCUT2D eigenvalue weighted by molar-refractivity contribution is -0.131. The molecule has 5 heteroatoms. The summed E-state index contributed by atoms with van der Waals surface area (Å²) in [5.74, 6) is 1.42. The molecular weight excluding hydrogens is 424 g/mol. The summed E-state index contributed by atoms with van der Waals surface area (Å²) in [6, 6.07) is 18.7. The molecule has 2 aromatic carbocycles. The van der Waals surface area contributed by atoms with E-state index in [2.05, 4.69) is 56.1 Å². The van der Waals surface area contributed by atoms with E-state index in [0.29, 0.717) is 25.4 Å². The predicted molar refractivity (Wildman–Crippen MR) is 134 cm³/mol. The van der Waals surface area contributed by atoms with Crippen LogP contribution in [-0.2, 0) is 30.6 Å². The second-order valence-electron chi connectivity index (χ2n) is 9.82. The summed E-state index contributed by atoms with van der Waals surface area (Å²) >= 11 is 0. The number of amides is 1. The van der Waals surface area contributed by atoms with Gasteiger partial charge in [-0.05, 0) is 52.8 Å². The molecule has 34 heavy (non-hydrogen) atoms. The number of hydrogen-bond acceptors (Lipinski definition) is 4. The molecule has 0 radical (unpaired) electrons. The maximum absolute atomic E-state index is 13.0. The van der Waals surface area contributed by atoms with Crippen LogP contribution in [0.25, 0.3) is 0 Å². The maximum atomic E-state index is 13.0. The van der Waals surface area contributed by atoms with Crippen LogP contribution in [0.2, 0.25) is 0 Å². The molecule has 2 heterocycles. The number of carbonyl (C=O) groups excluding carboxylic acids is 1. The van der Waals surface area contributed by atoms with Crippen LogP contribution >= 0.6 is 0 Å². The molecule has 1 aromatic heterocycles. The highest BCUT2D eigenvalue weighted by atomic mass is 16.5. The first-order valence-electron chi connectivity index (χ1n) is 12.0. The van der Waals surface area contributed by atoms with Gasteiger partial charge in [-0.15, -0.1) is 0 Å². The summed E-state index contributed by atoms with van der Waals surface area (Å²) in [4.78, 5) is 18.8. The Kier molecular flexibility index (Phi) is 7.32. The highest BCUT2D eigenvalue weighted by molar-refractivity contribution is 5.79. The Morgan fingerprint density at radius 1 is 1.12 bits per heavy atom. The van der Waals surface area contributed by atoms with Crippen molar-refractivity contribution in [2.75, 3.05) is 13.2 Å². The molecule has 0 aliphatic carbocycles. The summed E-state index contributed by atoms with van der Waals surface area (Å²) in [7, 11) is 0. The fraction of sp³-hybridized carbons (Fsp3) is 0.379. The topological polar surface area (TPSA) is 62.7 Å². The first-order valence-corrected chi connectivity index (χ1v) is 12.0. The van der Waals surface area contributed by atoms with E-state index in [0.717, 1.165) is 35.3 Å². The molecular formula is C29H34N2O3. The lowest BCUT2D eigenvalue weighted by Crippen LogP contribution is -2.34. The van der Waals surface area contributed by atoms with Gasteiger partial charge in [0.05, 0.1) is 13.0 Å². The summed E-state index contributed by atoms with van der Waals surface area (Å²) in [6.07, 6.45) is 5.40. The van der Waals surface area contributed by atoms with Gasteiger partial charge in [0.1, 0.15) is 11.4 Å². The Hall–Kier alpha value is -3.18. The minimum Gasteiger partial charge on any atom is -0.487 e. The van der Waals surface area contributed by atoms with Gasteiger partial charge >= 0.3 is 0 Å². The first-order chi connectivity index (χ1) is 16.3. The minimum atomic E-state index is -0.298. The number of aliphatic hydroxyl groups excluding tert-OH is 1. The van der Waals surface area contributed by atoms with Crippen LogP contribution in [0.15, 0.2) is 67.0 Å². The van der Waals surface area contributed by atoms with E-state index in [9.17, 15) is 9.90 Å². The molecule has 178 valence electrons. The van der Waals surface area contributed by atoms with E-state index >= 15 is 0 Å². The number of hydrogen-bond donors (Lipinski definition) is 1. The zero-order valence-electron chi connectivity index (χ0n) is 20.3. The Morgan fingerprint density at radius 2 is 1.88 bits per heavy atom. The van der Waals surface area contributed by atoms with Gasteiger partial charge in [0.25, 0.3) is 0 Å². The quantitative estimate of drug-likeness (QED) is 0.505. The van der Waals surface area contributed by atoms with Gasteiger partial charge in [-0.2, -0.15) is 0 Å². The predicted octanol–water partition coefficient (Wildman–Crippen LogP) is 4.70. The molecule has 4 rings (SSSR count). The van der Waals surface area contributed by atoms with Crippen LogP contribution in [0, 0.1) is 0 Å². The molecule has 0 saturated carbocycles. The van der Waals surface area contributed by atoms with Crippen molar-refractivity contribution in [2.45, 2.75) is 58.1 Å². The molecule has 0 bridgehead atoms. The second-order valence-corrected chi connectivity index (χ2v) is 9.82. The average Bonchev–Trinajstić information content (AvgIpc) is 3.14. The van der Waals surface area contributed by atoms with E-state index in [-0.39, 0.29) is 18.1 Å². The molecule has 3 aromatic rings. The highest BCUT2D eigenvalue weighted by Crippen LogP contribution is 2.37. The van der Waals surface area contributed by atoms with Crippen LogP contribution in [0.4, 0.5) is 0 Å². The number of benzene rings is 2. The third-order valence-electron chi connectivity index (χ3n) is 6.44. The number of carbonyl (C=O) groups is 1. The second kappa shape index (κ2) is 10.4. The van der Waals surface area contributed by atoms with Crippen molar-refractivity contribution >= 4 is 5.91 Å². The number of fused-ring (bicyclic) bond motifs is 1. The number of nitrogens with zero attached hydrogens (tertiary/aromatic N) is 2. The summed E-state index contributed by atoms with van der Waals surface area (Å²) in [5, 5.41) is 9.45. The zero-order chi connectivity index (χ0) is 24.1. The Morgan fingerprint density at radius 3 is 2.56 bits per heavy atom. The highest BCUT2D eigenvalue weighted by Gasteiger charge is 2.35. The van der Waals surface area contributed by atoms with E-state index in [4.69, 9.17) is 4.74 Å². The number of aliphatic hydroxyl groups is 1. The van der Waals surface area contributed by atoms with Gasteiger partial charge < -0.3 is 14.7 Å². The van der Waals surface area contributed by atoms with Gasteiger partial charge in [0, 0.05) is 38.3 Å². The normalized spacial score (nSPS) is 16.9. The molecule has 0 saturated heterocycles. The molecule has 1 N–H and O–H groups in total. The standard InChI is InChI=1S/C29H34N2O3/c1-21(2)25-9-6-22(7-10-25)17-29(3)18-26-15-23(8-11-27(26)34-29)16-28(33)31(13-14-32)20-24-5-4-12-30-19-24/h4-12,15,19,21,32H,13-14,16-18,20H2,1-3H3/t29-/m1/s1. The Bertz CT molecular complexity index is 1110. The molecule has 1 amide bonds. The molecule has 0 spiro atoms. The molecule has 0 unspecified atom stereocenters. The van der Waals surface area contributed by atoms with Crippen molar-refractivity contribution in [3.63, 3.8) is 0 Å². The van der Waals surface area contributed by atoms with Crippen molar-refractivity contribution in [3.05, 3.63) is 94.8 Å². The monoisotopic (exact) mass is 458 g/mol. The van der Waals surface area contributed by atoms with E-state index in [1.54, 1.807) is 17.3 Å². The van der Waals surface area contributed by atoms with Gasteiger partial charge in [-0.3, -0.25) is 9.78 Å². The molecule has 1 aliphatic heterocycles. The van der Waals surface area contributed by atoms with Crippen LogP contribution in [0.3, 0.4) is 0 Å². The fourth-order valence-corrected chi connectivity index (χ4v) is 4.65. The number of pyridine rings is 1.